The Bertz CT molecular complexity index is 896. The summed E-state index contributed by atoms with van der Waals surface area (Å²) in [5.41, 5.74) is 2.61. The molecule has 146 valence electrons. The third-order valence-electron chi connectivity index (χ3n) is 4.80. The Morgan fingerprint density at radius 2 is 2.14 bits per heavy atom. The lowest BCUT2D eigenvalue weighted by molar-refractivity contribution is -0.127. The SMILES string of the molecule is C=CC(=O)Cc1ccccc1Nc1nc(N[C@@H]2CCN(C(C)=O)C2)ncc1C. The Balaban J connectivity index is 1.75. The van der Waals surface area contributed by atoms with Gasteiger partial charge in [-0.2, -0.15) is 4.98 Å². The molecule has 0 unspecified atom stereocenters. The lowest BCUT2D eigenvalue weighted by Gasteiger charge is -2.17. The van der Waals surface area contributed by atoms with Gasteiger partial charge in [-0.1, -0.05) is 24.8 Å². The van der Waals surface area contributed by atoms with Crippen LogP contribution in [0.4, 0.5) is 17.5 Å². The van der Waals surface area contributed by atoms with E-state index >= 15 is 0 Å². The highest BCUT2D eigenvalue weighted by Crippen LogP contribution is 2.24. The maximum Gasteiger partial charge on any atom is 0.224 e. The highest BCUT2D eigenvalue weighted by molar-refractivity contribution is 5.92. The fourth-order valence-corrected chi connectivity index (χ4v) is 3.17. The summed E-state index contributed by atoms with van der Waals surface area (Å²) in [6.07, 6.45) is 4.24. The molecule has 1 aliphatic heterocycles. The van der Waals surface area contributed by atoms with Gasteiger partial charge >= 0.3 is 0 Å². The number of aryl methyl sites for hydroxylation is 1. The average molecular weight is 379 g/mol. The number of para-hydroxylation sites is 1. The molecular weight excluding hydrogens is 354 g/mol. The van der Waals surface area contributed by atoms with Crippen molar-refractivity contribution in [3.05, 3.63) is 54.2 Å². The summed E-state index contributed by atoms with van der Waals surface area (Å²) >= 11 is 0. The molecule has 0 aliphatic carbocycles. The molecule has 1 fully saturated rings. The first-order valence-electron chi connectivity index (χ1n) is 9.32. The van der Waals surface area contributed by atoms with E-state index in [1.54, 1.807) is 13.1 Å². The van der Waals surface area contributed by atoms with Gasteiger partial charge in [0.05, 0.1) is 0 Å². The minimum atomic E-state index is -0.0349. The van der Waals surface area contributed by atoms with Gasteiger partial charge in [0, 0.05) is 49.9 Å². The number of rotatable bonds is 7. The molecule has 1 amide bonds. The summed E-state index contributed by atoms with van der Waals surface area (Å²) in [5, 5.41) is 6.63. The second kappa shape index (κ2) is 8.65. The van der Waals surface area contributed by atoms with E-state index in [-0.39, 0.29) is 24.2 Å². The Labute approximate surface area is 164 Å². The molecule has 7 heteroatoms. The molecule has 3 rings (SSSR count). The summed E-state index contributed by atoms with van der Waals surface area (Å²) < 4.78 is 0. The van der Waals surface area contributed by atoms with Gasteiger partial charge in [-0.15, -0.1) is 0 Å². The minimum absolute atomic E-state index is 0.0349. The third-order valence-corrected chi connectivity index (χ3v) is 4.80. The number of anilines is 3. The number of nitrogens with zero attached hydrogens (tertiary/aromatic N) is 3. The smallest absolute Gasteiger partial charge is 0.224 e. The van der Waals surface area contributed by atoms with E-state index in [2.05, 4.69) is 27.2 Å². The largest absolute Gasteiger partial charge is 0.350 e. The lowest BCUT2D eigenvalue weighted by atomic mass is 10.1. The van der Waals surface area contributed by atoms with Crippen LogP contribution in [0.3, 0.4) is 0 Å². The molecule has 0 saturated carbocycles. The van der Waals surface area contributed by atoms with Crippen LogP contribution in [0.15, 0.2) is 43.1 Å². The van der Waals surface area contributed by atoms with Crippen LogP contribution >= 0.6 is 0 Å². The lowest BCUT2D eigenvalue weighted by Crippen LogP contribution is -2.30. The van der Waals surface area contributed by atoms with Gasteiger partial charge in [0.15, 0.2) is 5.78 Å². The number of nitrogens with one attached hydrogen (secondary N) is 2. The van der Waals surface area contributed by atoms with Crippen LogP contribution in [0.5, 0.6) is 0 Å². The number of amides is 1. The second-order valence-corrected chi connectivity index (χ2v) is 6.95. The molecule has 1 aromatic heterocycles. The quantitative estimate of drug-likeness (QED) is 0.720. The molecule has 28 heavy (non-hydrogen) atoms. The van der Waals surface area contributed by atoms with Crippen molar-refractivity contribution >= 4 is 29.1 Å². The summed E-state index contributed by atoms with van der Waals surface area (Å²) in [4.78, 5) is 34.0. The van der Waals surface area contributed by atoms with Gasteiger partial charge < -0.3 is 15.5 Å². The van der Waals surface area contributed by atoms with Crippen molar-refractivity contribution in [3.8, 4) is 0 Å². The molecule has 0 bridgehead atoms. The van der Waals surface area contributed by atoms with Gasteiger partial charge in [0.25, 0.3) is 0 Å². The highest BCUT2D eigenvalue weighted by Gasteiger charge is 2.24. The molecule has 7 nitrogen and oxygen atoms in total. The maximum atomic E-state index is 11.8. The molecule has 1 atom stereocenters. The van der Waals surface area contributed by atoms with Gasteiger partial charge in [0.2, 0.25) is 11.9 Å². The van der Waals surface area contributed by atoms with Crippen molar-refractivity contribution in [3.63, 3.8) is 0 Å². The van der Waals surface area contributed by atoms with Gasteiger partial charge in [-0.25, -0.2) is 4.98 Å². The number of ketones is 1. The summed E-state index contributed by atoms with van der Waals surface area (Å²) in [6.45, 7) is 8.45. The molecule has 2 N–H and O–H groups in total. The van der Waals surface area contributed by atoms with E-state index in [9.17, 15) is 9.59 Å². The molecular formula is C21H25N5O2. The topological polar surface area (TPSA) is 87.2 Å². The number of likely N-dealkylation sites (tertiary alicyclic amines) is 1. The number of aromatic nitrogens is 2. The standard InChI is InChI=1S/C21H25N5O2/c1-4-18(28)11-16-7-5-6-8-19(16)24-20-14(2)12-22-21(25-20)23-17-9-10-26(13-17)15(3)27/h4-8,12,17H,1,9-11,13H2,2-3H3,(H2,22,23,24,25)/t17-/m1/s1. The van der Waals surface area contributed by atoms with Crippen LogP contribution in [0.2, 0.25) is 0 Å². The van der Waals surface area contributed by atoms with Crippen molar-refractivity contribution < 1.29 is 9.59 Å². The van der Waals surface area contributed by atoms with Crippen LogP contribution in [-0.4, -0.2) is 45.7 Å². The normalized spacial score (nSPS) is 15.9. The molecule has 1 aromatic carbocycles. The van der Waals surface area contributed by atoms with Crippen molar-refractivity contribution in [2.24, 2.45) is 0 Å². The second-order valence-electron chi connectivity index (χ2n) is 6.95. The number of allylic oxidation sites excluding steroid dienone is 1. The van der Waals surface area contributed by atoms with E-state index in [1.165, 1.54) is 6.08 Å². The Kier molecular flexibility index (Phi) is 6.03. The number of benzene rings is 1. The minimum Gasteiger partial charge on any atom is -0.350 e. The van der Waals surface area contributed by atoms with Crippen LogP contribution in [0.25, 0.3) is 0 Å². The zero-order valence-corrected chi connectivity index (χ0v) is 16.2. The zero-order valence-electron chi connectivity index (χ0n) is 16.2. The van der Waals surface area contributed by atoms with E-state index in [0.29, 0.717) is 18.3 Å². The molecule has 2 aromatic rings. The van der Waals surface area contributed by atoms with Crippen LogP contribution in [-0.2, 0) is 16.0 Å². The number of carbonyl (C=O) groups is 2. The van der Waals surface area contributed by atoms with Crippen LogP contribution < -0.4 is 10.6 Å². The zero-order chi connectivity index (χ0) is 20.1. The first kappa shape index (κ1) is 19.5. The molecule has 0 radical (unpaired) electrons. The number of hydrogen-bond donors (Lipinski definition) is 2. The van der Waals surface area contributed by atoms with E-state index in [0.717, 1.165) is 29.8 Å². The first-order valence-corrected chi connectivity index (χ1v) is 9.32. The number of carbonyl (C=O) groups excluding carboxylic acids is 2. The number of hydrogen-bond acceptors (Lipinski definition) is 6. The fraction of sp³-hybridized carbons (Fsp3) is 0.333. The Hall–Kier alpha value is -3.22. The van der Waals surface area contributed by atoms with Gasteiger partial charge in [-0.05, 0) is 31.1 Å². The highest BCUT2D eigenvalue weighted by atomic mass is 16.2. The summed E-state index contributed by atoms with van der Waals surface area (Å²) in [6, 6.07) is 7.78. The predicted octanol–water partition coefficient (Wildman–Crippen LogP) is 2.86. The van der Waals surface area contributed by atoms with Crippen molar-refractivity contribution in [2.75, 3.05) is 23.7 Å². The monoisotopic (exact) mass is 379 g/mol. The molecule has 1 aliphatic rings. The Morgan fingerprint density at radius 3 is 2.86 bits per heavy atom. The van der Waals surface area contributed by atoms with E-state index in [4.69, 9.17) is 0 Å². The molecule has 0 spiro atoms. The van der Waals surface area contributed by atoms with Gasteiger partial charge in [-0.3, -0.25) is 9.59 Å². The van der Waals surface area contributed by atoms with Crippen molar-refractivity contribution in [1.82, 2.24) is 14.9 Å². The summed E-state index contributed by atoms with van der Waals surface area (Å²) in [7, 11) is 0. The predicted molar refractivity (Wildman–Crippen MR) is 110 cm³/mol. The van der Waals surface area contributed by atoms with Gasteiger partial charge in [0.1, 0.15) is 5.82 Å². The summed E-state index contributed by atoms with van der Waals surface area (Å²) in [5.74, 6) is 1.25. The van der Waals surface area contributed by atoms with Crippen molar-refractivity contribution in [1.29, 1.82) is 0 Å². The molecule has 1 saturated heterocycles. The van der Waals surface area contributed by atoms with E-state index in [1.807, 2.05) is 36.1 Å². The average Bonchev–Trinajstić information content (AvgIpc) is 3.14. The fourth-order valence-electron chi connectivity index (χ4n) is 3.17. The maximum absolute atomic E-state index is 11.8. The van der Waals surface area contributed by atoms with Crippen LogP contribution in [0, 0.1) is 6.92 Å². The van der Waals surface area contributed by atoms with E-state index < -0.39 is 0 Å². The Morgan fingerprint density at radius 1 is 1.36 bits per heavy atom. The van der Waals surface area contributed by atoms with Crippen molar-refractivity contribution in [2.45, 2.75) is 32.7 Å². The molecule has 2 heterocycles. The third kappa shape index (κ3) is 4.73. The first-order chi connectivity index (χ1) is 13.5. The van der Waals surface area contributed by atoms with Crippen LogP contribution in [0.1, 0.15) is 24.5 Å².